The van der Waals surface area contributed by atoms with Crippen LogP contribution in [-0.4, -0.2) is 45.7 Å². The van der Waals surface area contributed by atoms with Crippen LogP contribution in [0.3, 0.4) is 0 Å². The molecule has 0 atom stereocenters. The second-order valence-corrected chi connectivity index (χ2v) is 7.39. The van der Waals surface area contributed by atoms with Gasteiger partial charge in [0.05, 0.1) is 17.4 Å². The van der Waals surface area contributed by atoms with Crippen LogP contribution in [0.15, 0.2) is 78.1 Å². The van der Waals surface area contributed by atoms with Crippen LogP contribution < -0.4 is 15.4 Å². The second-order valence-electron chi connectivity index (χ2n) is 7.39. The van der Waals surface area contributed by atoms with Gasteiger partial charge in [0, 0.05) is 56.7 Å². The third-order valence-electron chi connectivity index (χ3n) is 5.47. The van der Waals surface area contributed by atoms with Crippen molar-refractivity contribution in [3.8, 4) is 0 Å². The number of nitrogens with zero attached hydrogens (tertiary/aromatic N) is 6. The average Bonchev–Trinajstić information content (AvgIpc) is 2.82. The normalized spacial score (nSPS) is 14.3. The number of hydrogen-bond acceptors (Lipinski definition) is 6. The second kappa shape index (κ2) is 7.94. The fourth-order valence-electron chi connectivity index (χ4n) is 3.83. The Morgan fingerprint density at radius 1 is 0.867 bits per heavy atom. The van der Waals surface area contributed by atoms with E-state index in [9.17, 15) is 4.79 Å². The van der Waals surface area contributed by atoms with Crippen molar-refractivity contribution in [1.82, 2.24) is 19.5 Å². The Balaban J connectivity index is 1.34. The molecule has 1 aliphatic heterocycles. The zero-order chi connectivity index (χ0) is 20.3. The Bertz CT molecular complexity index is 1200. The van der Waals surface area contributed by atoms with Crippen molar-refractivity contribution in [2.45, 2.75) is 6.54 Å². The third-order valence-corrected chi connectivity index (χ3v) is 5.47. The fraction of sp³-hybridized carbons (Fsp3) is 0.217. The maximum Gasteiger partial charge on any atom is 0.261 e. The number of fused-ring (bicyclic) bond motifs is 1. The molecular weight excluding hydrogens is 376 g/mol. The maximum atomic E-state index is 12.9. The molecule has 1 fully saturated rings. The van der Waals surface area contributed by atoms with Crippen LogP contribution in [0, 0.1) is 0 Å². The highest BCUT2D eigenvalue weighted by molar-refractivity contribution is 5.77. The minimum atomic E-state index is -0.0863. The SMILES string of the molecule is O=c1c2cnc(N3CCN(c4ccccc4)CC3)nc2ccn1Cc1cccnc1. The van der Waals surface area contributed by atoms with Crippen molar-refractivity contribution in [1.29, 1.82) is 0 Å². The first-order valence-electron chi connectivity index (χ1n) is 10.1. The number of para-hydroxylation sites is 1. The van der Waals surface area contributed by atoms with Gasteiger partial charge in [-0.2, -0.15) is 0 Å². The lowest BCUT2D eigenvalue weighted by molar-refractivity contribution is 0.641. The van der Waals surface area contributed by atoms with Gasteiger partial charge in [0.15, 0.2) is 0 Å². The van der Waals surface area contributed by atoms with E-state index in [1.54, 1.807) is 29.4 Å². The molecule has 30 heavy (non-hydrogen) atoms. The van der Waals surface area contributed by atoms with Gasteiger partial charge < -0.3 is 14.4 Å². The molecule has 3 aromatic heterocycles. The monoisotopic (exact) mass is 398 g/mol. The molecule has 0 saturated carbocycles. The van der Waals surface area contributed by atoms with Crippen LogP contribution >= 0.6 is 0 Å². The van der Waals surface area contributed by atoms with Gasteiger partial charge in [-0.05, 0) is 29.8 Å². The summed E-state index contributed by atoms with van der Waals surface area (Å²) in [6, 6.07) is 16.2. The molecule has 1 aliphatic rings. The Kier molecular flexibility index (Phi) is 4.85. The molecule has 0 unspecified atom stereocenters. The number of rotatable bonds is 4. The van der Waals surface area contributed by atoms with Gasteiger partial charge in [0.1, 0.15) is 0 Å². The lowest BCUT2D eigenvalue weighted by atomic mass is 10.2. The Labute approximate surface area is 174 Å². The summed E-state index contributed by atoms with van der Waals surface area (Å²) in [6.07, 6.45) is 6.94. The number of aromatic nitrogens is 4. The zero-order valence-corrected chi connectivity index (χ0v) is 16.6. The Morgan fingerprint density at radius 2 is 1.67 bits per heavy atom. The molecule has 4 aromatic rings. The smallest absolute Gasteiger partial charge is 0.261 e. The van der Waals surface area contributed by atoms with Crippen LogP contribution in [0.1, 0.15) is 5.56 Å². The summed E-state index contributed by atoms with van der Waals surface area (Å²) in [5.41, 5.74) is 2.81. The van der Waals surface area contributed by atoms with Gasteiger partial charge in [0.2, 0.25) is 5.95 Å². The molecule has 5 rings (SSSR count). The van der Waals surface area contributed by atoms with Gasteiger partial charge in [-0.1, -0.05) is 24.3 Å². The van der Waals surface area contributed by atoms with Gasteiger partial charge in [0.25, 0.3) is 5.56 Å². The van der Waals surface area contributed by atoms with E-state index >= 15 is 0 Å². The molecule has 7 heteroatoms. The van der Waals surface area contributed by atoms with Gasteiger partial charge in [-0.3, -0.25) is 9.78 Å². The molecule has 0 bridgehead atoms. The van der Waals surface area contributed by atoms with Crippen molar-refractivity contribution in [3.05, 3.63) is 89.2 Å². The van der Waals surface area contributed by atoms with Crippen LogP contribution in [0.4, 0.5) is 11.6 Å². The van der Waals surface area contributed by atoms with Crippen molar-refractivity contribution in [2.24, 2.45) is 0 Å². The third kappa shape index (κ3) is 3.61. The highest BCUT2D eigenvalue weighted by Gasteiger charge is 2.19. The van der Waals surface area contributed by atoms with Gasteiger partial charge >= 0.3 is 0 Å². The predicted molar refractivity (Wildman–Crippen MR) is 118 cm³/mol. The quantitative estimate of drug-likeness (QED) is 0.526. The van der Waals surface area contributed by atoms with E-state index in [0.29, 0.717) is 23.4 Å². The molecule has 7 nitrogen and oxygen atoms in total. The largest absolute Gasteiger partial charge is 0.368 e. The molecule has 0 radical (unpaired) electrons. The first-order valence-corrected chi connectivity index (χ1v) is 10.1. The van der Waals surface area contributed by atoms with Crippen molar-refractivity contribution < 1.29 is 0 Å². The van der Waals surface area contributed by atoms with Crippen molar-refractivity contribution >= 4 is 22.5 Å². The molecule has 0 spiro atoms. The van der Waals surface area contributed by atoms with E-state index in [1.165, 1.54) is 5.69 Å². The first-order chi connectivity index (χ1) is 14.8. The fourth-order valence-corrected chi connectivity index (χ4v) is 3.83. The van der Waals surface area contributed by atoms with Crippen LogP contribution in [0.2, 0.25) is 0 Å². The Hall–Kier alpha value is -3.74. The minimum absolute atomic E-state index is 0.0863. The van der Waals surface area contributed by atoms with E-state index in [0.717, 1.165) is 31.7 Å². The summed E-state index contributed by atoms with van der Waals surface area (Å²) >= 11 is 0. The van der Waals surface area contributed by atoms with E-state index in [4.69, 9.17) is 0 Å². The molecule has 0 aliphatic carbocycles. The maximum absolute atomic E-state index is 12.9. The number of benzene rings is 1. The van der Waals surface area contributed by atoms with Crippen molar-refractivity contribution in [2.75, 3.05) is 36.0 Å². The van der Waals surface area contributed by atoms with E-state index < -0.39 is 0 Å². The van der Waals surface area contributed by atoms with E-state index in [1.807, 2.05) is 24.3 Å². The number of piperazine rings is 1. The highest BCUT2D eigenvalue weighted by atomic mass is 16.1. The molecule has 4 heterocycles. The van der Waals surface area contributed by atoms with Gasteiger partial charge in [-0.15, -0.1) is 0 Å². The summed E-state index contributed by atoms with van der Waals surface area (Å²) in [5, 5.41) is 0.535. The number of pyridine rings is 2. The molecule has 150 valence electrons. The number of hydrogen-bond donors (Lipinski definition) is 0. The molecule has 0 N–H and O–H groups in total. The van der Waals surface area contributed by atoms with Crippen molar-refractivity contribution in [3.63, 3.8) is 0 Å². The summed E-state index contributed by atoms with van der Waals surface area (Å²) < 4.78 is 1.67. The summed E-state index contributed by atoms with van der Waals surface area (Å²) in [6.45, 7) is 4.00. The molecular formula is C23H22N6O. The molecule has 0 amide bonds. The van der Waals surface area contributed by atoms with Crippen LogP contribution in [0.5, 0.6) is 0 Å². The first kappa shape index (κ1) is 18.3. The summed E-state index contributed by atoms with van der Waals surface area (Å²) in [7, 11) is 0. The topological polar surface area (TPSA) is 67.2 Å². The standard InChI is InChI=1S/C23H22N6O/c30-22-20-16-25-23(28-13-11-27(12-14-28)19-6-2-1-3-7-19)26-21(20)8-10-29(22)17-18-5-4-9-24-15-18/h1-10,15-16H,11-14,17H2. The van der Waals surface area contributed by atoms with E-state index in [2.05, 4.69) is 49.0 Å². The molecule has 1 aromatic carbocycles. The minimum Gasteiger partial charge on any atom is -0.368 e. The zero-order valence-electron chi connectivity index (χ0n) is 16.6. The number of anilines is 2. The lowest BCUT2D eigenvalue weighted by Crippen LogP contribution is -2.47. The lowest BCUT2D eigenvalue weighted by Gasteiger charge is -2.36. The predicted octanol–water partition coefficient (Wildman–Crippen LogP) is 2.56. The van der Waals surface area contributed by atoms with Crippen LogP contribution in [0.25, 0.3) is 10.9 Å². The Morgan fingerprint density at radius 3 is 2.43 bits per heavy atom. The van der Waals surface area contributed by atoms with E-state index in [-0.39, 0.29) is 5.56 Å². The summed E-state index contributed by atoms with van der Waals surface area (Å²) in [4.78, 5) is 30.7. The molecule has 1 saturated heterocycles. The van der Waals surface area contributed by atoms with Crippen LogP contribution in [-0.2, 0) is 6.54 Å². The highest BCUT2D eigenvalue weighted by Crippen LogP contribution is 2.19. The average molecular weight is 398 g/mol. The van der Waals surface area contributed by atoms with Gasteiger partial charge in [-0.25, -0.2) is 9.97 Å². The summed E-state index contributed by atoms with van der Waals surface area (Å²) in [5.74, 6) is 0.680.